The summed E-state index contributed by atoms with van der Waals surface area (Å²) in [6.45, 7) is 5.50. The second-order valence-electron chi connectivity index (χ2n) is 7.12. The number of benzene rings is 2. The third-order valence-corrected chi connectivity index (χ3v) is 5.25. The van der Waals surface area contributed by atoms with E-state index in [9.17, 15) is 4.79 Å². The molecule has 0 radical (unpaired) electrons. The van der Waals surface area contributed by atoms with E-state index in [1.165, 1.54) is 22.3 Å². The molecule has 3 N–H and O–H groups in total. The van der Waals surface area contributed by atoms with Gasteiger partial charge in [-0.15, -0.1) is 0 Å². The molecule has 1 saturated heterocycles. The summed E-state index contributed by atoms with van der Waals surface area (Å²) in [5.41, 5.74) is 11.4. The lowest BCUT2D eigenvalue weighted by Crippen LogP contribution is -2.57. The minimum Gasteiger partial charge on any atom is -0.338 e. The highest BCUT2D eigenvalue weighted by atomic mass is 16.2. The van der Waals surface area contributed by atoms with Gasteiger partial charge in [0.05, 0.1) is 6.04 Å². The SMILES string of the molecule is CCNC(=O)N1CCCC(N)C1Cc1cccc(-c2ccccc2C)c1. The maximum Gasteiger partial charge on any atom is 0.317 e. The molecule has 1 aliphatic rings. The number of amides is 2. The van der Waals surface area contributed by atoms with E-state index in [0.29, 0.717) is 6.54 Å². The van der Waals surface area contributed by atoms with Crippen molar-refractivity contribution < 1.29 is 4.79 Å². The van der Waals surface area contributed by atoms with Gasteiger partial charge in [-0.2, -0.15) is 0 Å². The standard InChI is InChI=1S/C22H29N3O/c1-3-24-22(26)25-13-7-12-20(23)21(25)15-17-9-6-10-18(14-17)19-11-5-4-8-16(19)2/h4-6,8-11,14,20-21H,3,7,12-13,15,23H2,1-2H3,(H,24,26). The molecule has 0 aromatic heterocycles. The molecule has 0 aliphatic carbocycles. The smallest absolute Gasteiger partial charge is 0.317 e. The number of nitrogens with two attached hydrogens (primary N) is 1. The highest BCUT2D eigenvalue weighted by molar-refractivity contribution is 5.75. The van der Waals surface area contributed by atoms with Crippen LogP contribution >= 0.6 is 0 Å². The quantitative estimate of drug-likeness (QED) is 0.882. The molecule has 4 nitrogen and oxygen atoms in total. The van der Waals surface area contributed by atoms with Crippen LogP contribution in [-0.2, 0) is 6.42 Å². The number of hydrogen-bond acceptors (Lipinski definition) is 2. The van der Waals surface area contributed by atoms with Crippen LogP contribution in [0.3, 0.4) is 0 Å². The Morgan fingerprint density at radius 2 is 2.04 bits per heavy atom. The fraction of sp³-hybridized carbons (Fsp3) is 0.409. The lowest BCUT2D eigenvalue weighted by atomic mass is 9.90. The highest BCUT2D eigenvalue weighted by Gasteiger charge is 2.32. The monoisotopic (exact) mass is 351 g/mol. The van der Waals surface area contributed by atoms with Crippen LogP contribution in [0, 0.1) is 6.92 Å². The van der Waals surface area contributed by atoms with Gasteiger partial charge in [-0.25, -0.2) is 4.79 Å². The first-order valence-electron chi connectivity index (χ1n) is 9.55. The summed E-state index contributed by atoms with van der Waals surface area (Å²) in [4.78, 5) is 14.4. The minimum absolute atomic E-state index is 0.00251. The van der Waals surface area contributed by atoms with Gasteiger partial charge in [-0.05, 0) is 55.4 Å². The number of hydrogen-bond donors (Lipinski definition) is 2. The first kappa shape index (κ1) is 18.5. The first-order valence-corrected chi connectivity index (χ1v) is 9.55. The molecule has 0 saturated carbocycles. The van der Waals surface area contributed by atoms with Gasteiger partial charge in [-0.3, -0.25) is 0 Å². The zero-order chi connectivity index (χ0) is 18.5. The van der Waals surface area contributed by atoms with Gasteiger partial charge in [0.1, 0.15) is 0 Å². The van der Waals surface area contributed by atoms with Crippen LogP contribution in [0.25, 0.3) is 11.1 Å². The zero-order valence-electron chi connectivity index (χ0n) is 15.7. The molecule has 2 unspecified atom stereocenters. The summed E-state index contributed by atoms with van der Waals surface area (Å²) in [6.07, 6.45) is 2.73. The van der Waals surface area contributed by atoms with Crippen LogP contribution in [0.2, 0.25) is 0 Å². The number of nitrogens with zero attached hydrogens (tertiary/aromatic N) is 1. The molecule has 1 fully saturated rings. The van der Waals surface area contributed by atoms with Gasteiger partial charge in [-0.1, -0.05) is 48.5 Å². The third kappa shape index (κ3) is 4.07. The lowest BCUT2D eigenvalue weighted by molar-refractivity contribution is 0.138. The Bertz CT molecular complexity index is 759. The molecular formula is C22H29N3O. The molecule has 2 aromatic carbocycles. The first-order chi connectivity index (χ1) is 12.6. The van der Waals surface area contributed by atoms with Crippen molar-refractivity contribution in [2.45, 2.75) is 45.2 Å². The van der Waals surface area contributed by atoms with Crippen LogP contribution < -0.4 is 11.1 Å². The summed E-state index contributed by atoms with van der Waals surface area (Å²) in [6, 6.07) is 17.1. The van der Waals surface area contributed by atoms with Gasteiger partial charge in [0, 0.05) is 19.1 Å². The van der Waals surface area contributed by atoms with Crippen LogP contribution in [0.5, 0.6) is 0 Å². The molecule has 2 atom stereocenters. The Morgan fingerprint density at radius 1 is 1.23 bits per heavy atom. The van der Waals surface area contributed by atoms with Gasteiger partial charge in [0.25, 0.3) is 0 Å². The third-order valence-electron chi connectivity index (χ3n) is 5.25. The van der Waals surface area contributed by atoms with Crippen molar-refractivity contribution in [1.29, 1.82) is 0 Å². The number of urea groups is 1. The Hall–Kier alpha value is -2.33. The maximum atomic E-state index is 12.4. The van der Waals surface area contributed by atoms with E-state index < -0.39 is 0 Å². The fourth-order valence-electron chi connectivity index (χ4n) is 3.86. The summed E-state index contributed by atoms with van der Waals surface area (Å²) < 4.78 is 0. The van der Waals surface area contributed by atoms with Crippen molar-refractivity contribution in [2.75, 3.05) is 13.1 Å². The summed E-state index contributed by atoms with van der Waals surface area (Å²) in [7, 11) is 0. The van der Waals surface area contributed by atoms with Crippen LogP contribution in [0.4, 0.5) is 4.79 Å². The molecule has 3 rings (SSSR count). The number of likely N-dealkylation sites (tertiary alicyclic amines) is 1. The van der Waals surface area contributed by atoms with Gasteiger partial charge < -0.3 is 16.0 Å². The van der Waals surface area contributed by atoms with Gasteiger partial charge in [0.15, 0.2) is 0 Å². The average Bonchev–Trinajstić information content (AvgIpc) is 2.64. The molecule has 1 heterocycles. The van der Waals surface area contributed by atoms with E-state index >= 15 is 0 Å². The largest absolute Gasteiger partial charge is 0.338 e. The predicted octanol–water partition coefficient (Wildman–Crippen LogP) is 3.73. The average molecular weight is 351 g/mol. The predicted molar refractivity (Wildman–Crippen MR) is 107 cm³/mol. The molecule has 1 aliphatic heterocycles. The maximum absolute atomic E-state index is 12.4. The van der Waals surface area contributed by atoms with E-state index in [-0.39, 0.29) is 18.1 Å². The van der Waals surface area contributed by atoms with Crippen LogP contribution in [0.15, 0.2) is 48.5 Å². The zero-order valence-corrected chi connectivity index (χ0v) is 15.7. The van der Waals surface area contributed by atoms with E-state index in [1.54, 1.807) is 0 Å². The second kappa shape index (κ2) is 8.37. The number of rotatable bonds is 4. The number of piperidine rings is 1. The van der Waals surface area contributed by atoms with Gasteiger partial charge >= 0.3 is 6.03 Å². The molecule has 0 bridgehead atoms. The molecule has 4 heteroatoms. The summed E-state index contributed by atoms with van der Waals surface area (Å²) in [5.74, 6) is 0. The van der Waals surface area contributed by atoms with Crippen molar-refractivity contribution in [3.05, 3.63) is 59.7 Å². The van der Waals surface area contributed by atoms with Crippen LogP contribution in [0.1, 0.15) is 30.9 Å². The van der Waals surface area contributed by atoms with Crippen LogP contribution in [-0.4, -0.2) is 36.1 Å². The molecule has 2 amide bonds. The summed E-state index contributed by atoms with van der Waals surface area (Å²) in [5, 5.41) is 2.93. The second-order valence-corrected chi connectivity index (χ2v) is 7.12. The van der Waals surface area contributed by atoms with Gasteiger partial charge in [0.2, 0.25) is 0 Å². The Kier molecular flexibility index (Phi) is 5.94. The molecule has 138 valence electrons. The number of carbonyl (C=O) groups excluding carboxylic acids is 1. The van der Waals surface area contributed by atoms with E-state index in [4.69, 9.17) is 5.73 Å². The minimum atomic E-state index is 0.00251. The Morgan fingerprint density at radius 3 is 2.81 bits per heavy atom. The van der Waals surface area contributed by atoms with Crippen molar-refractivity contribution in [2.24, 2.45) is 5.73 Å². The van der Waals surface area contributed by atoms with E-state index in [1.807, 2.05) is 11.8 Å². The van der Waals surface area contributed by atoms with Crippen molar-refractivity contribution in [3.63, 3.8) is 0 Å². The van der Waals surface area contributed by atoms with Crippen molar-refractivity contribution in [1.82, 2.24) is 10.2 Å². The molecule has 0 spiro atoms. The summed E-state index contributed by atoms with van der Waals surface area (Å²) >= 11 is 0. The van der Waals surface area contributed by atoms with Crippen molar-refractivity contribution in [3.8, 4) is 11.1 Å². The number of carbonyl (C=O) groups is 1. The van der Waals surface area contributed by atoms with E-state index in [2.05, 4.69) is 60.8 Å². The fourth-order valence-corrected chi connectivity index (χ4v) is 3.86. The van der Waals surface area contributed by atoms with Crippen molar-refractivity contribution >= 4 is 6.03 Å². The molecular weight excluding hydrogens is 322 g/mol. The Balaban J connectivity index is 1.83. The lowest BCUT2D eigenvalue weighted by Gasteiger charge is -2.40. The number of nitrogens with one attached hydrogen (secondary N) is 1. The molecule has 2 aromatic rings. The highest BCUT2D eigenvalue weighted by Crippen LogP contribution is 2.26. The van der Waals surface area contributed by atoms with E-state index in [0.717, 1.165) is 25.8 Å². The normalized spacial score (nSPS) is 20.0. The Labute approximate surface area is 156 Å². The number of aryl methyl sites for hydroxylation is 1. The topological polar surface area (TPSA) is 58.4 Å². The molecule has 26 heavy (non-hydrogen) atoms.